The van der Waals surface area contributed by atoms with Crippen molar-refractivity contribution in [3.8, 4) is 5.75 Å². The molecule has 0 saturated heterocycles. The zero-order valence-corrected chi connectivity index (χ0v) is 24.3. The highest BCUT2D eigenvalue weighted by Crippen LogP contribution is 2.28. The van der Waals surface area contributed by atoms with Crippen molar-refractivity contribution in [2.24, 2.45) is 5.92 Å². The normalized spacial score (nSPS) is 14.6. The molecule has 4 aromatic rings. The first-order chi connectivity index (χ1) is 21.2. The average molecular weight is 608 g/mol. The number of aromatic nitrogens is 2. The summed E-state index contributed by atoms with van der Waals surface area (Å²) >= 11 is 0. The predicted molar refractivity (Wildman–Crippen MR) is 162 cm³/mol. The number of carbonyl (C=O) groups excluding carboxylic acids is 2. The van der Waals surface area contributed by atoms with Gasteiger partial charge in [-0.1, -0.05) is 56.4 Å². The summed E-state index contributed by atoms with van der Waals surface area (Å²) in [6.07, 6.45) is 3.13. The molecule has 1 aliphatic rings. The van der Waals surface area contributed by atoms with Gasteiger partial charge >= 0.3 is 6.36 Å². The summed E-state index contributed by atoms with van der Waals surface area (Å²) in [4.78, 5) is 30.9. The van der Waals surface area contributed by atoms with E-state index in [4.69, 9.17) is 0 Å². The number of ether oxygens (including phenoxy) is 1. The number of halogens is 3. The minimum atomic E-state index is -4.75. The summed E-state index contributed by atoms with van der Waals surface area (Å²) in [6.45, 7) is 1.24. The van der Waals surface area contributed by atoms with Gasteiger partial charge in [-0.05, 0) is 66.4 Å². The van der Waals surface area contributed by atoms with Crippen LogP contribution in [-0.4, -0.2) is 46.9 Å². The molecule has 0 spiro atoms. The fourth-order valence-corrected chi connectivity index (χ4v) is 5.61. The van der Waals surface area contributed by atoms with E-state index in [2.05, 4.69) is 30.2 Å². The van der Waals surface area contributed by atoms with Gasteiger partial charge in [-0.25, -0.2) is 4.98 Å². The minimum absolute atomic E-state index is 0.261. The largest absolute Gasteiger partial charge is 0.573 e. The van der Waals surface area contributed by atoms with Crippen molar-refractivity contribution in [1.82, 2.24) is 20.2 Å². The van der Waals surface area contributed by atoms with Crippen LogP contribution in [0, 0.1) is 5.92 Å². The lowest BCUT2D eigenvalue weighted by Gasteiger charge is -2.26. The Labute approximate surface area is 254 Å². The van der Waals surface area contributed by atoms with E-state index in [-0.39, 0.29) is 24.1 Å². The van der Waals surface area contributed by atoms with Gasteiger partial charge in [-0.15, -0.1) is 13.2 Å². The number of carbonyl (C=O) groups is 2. The Morgan fingerprint density at radius 3 is 2.39 bits per heavy atom. The second-order valence-electron chi connectivity index (χ2n) is 11.1. The lowest BCUT2D eigenvalue weighted by molar-refractivity contribution is -0.274. The number of benzene rings is 3. The number of fused-ring (bicyclic) bond motifs is 1. The van der Waals surface area contributed by atoms with Crippen LogP contribution in [0.15, 0.2) is 79.1 Å². The number of hydrogen-bond donors (Lipinski definition) is 3. The number of rotatable bonds is 12. The van der Waals surface area contributed by atoms with Gasteiger partial charge in [0.25, 0.3) is 5.91 Å². The lowest BCUT2D eigenvalue weighted by atomic mass is 9.84. The Balaban J connectivity index is 1.15. The zero-order valence-electron chi connectivity index (χ0n) is 24.3. The van der Waals surface area contributed by atoms with Crippen molar-refractivity contribution in [2.75, 3.05) is 18.4 Å². The second-order valence-corrected chi connectivity index (χ2v) is 11.1. The molecule has 232 valence electrons. The number of hydrogen-bond acceptors (Lipinski definition) is 5. The highest BCUT2D eigenvalue weighted by molar-refractivity contribution is 5.97. The summed E-state index contributed by atoms with van der Waals surface area (Å²) in [7, 11) is 0. The van der Waals surface area contributed by atoms with Gasteiger partial charge in [-0.3, -0.25) is 9.59 Å². The number of nitrogens with zero attached hydrogens (tertiary/aromatic N) is 2. The molecule has 0 unspecified atom stereocenters. The standard InChI is InChI=1S/C33H36F3N5O3/c34-33(35,36)44-27-16-14-26(15-17-27)37-18-19-38-32(43)29(20-23-6-2-1-3-7-23)40-31(42)25-12-10-24(11-13-25)21-41-22-39-28-8-4-5-9-30(28)41/h4-5,8-17,22-23,29,37H,1-3,6-7,18-21H2,(H,38,43)(H,40,42)/t29-/m0/s1. The van der Waals surface area contributed by atoms with Crippen LogP contribution in [0.3, 0.4) is 0 Å². The van der Waals surface area contributed by atoms with Gasteiger partial charge in [0.05, 0.1) is 17.4 Å². The topological polar surface area (TPSA) is 97.3 Å². The summed E-state index contributed by atoms with van der Waals surface area (Å²) < 4.78 is 43.1. The van der Waals surface area contributed by atoms with Crippen LogP contribution in [0.25, 0.3) is 11.0 Å². The third-order valence-electron chi connectivity index (χ3n) is 7.85. The minimum Gasteiger partial charge on any atom is -0.406 e. The maximum Gasteiger partial charge on any atom is 0.573 e. The monoisotopic (exact) mass is 607 g/mol. The molecular formula is C33H36F3N5O3. The number of alkyl halides is 3. The Bertz CT molecular complexity index is 1530. The van der Waals surface area contributed by atoms with Crippen molar-refractivity contribution in [1.29, 1.82) is 0 Å². The lowest BCUT2D eigenvalue weighted by Crippen LogP contribution is -2.48. The van der Waals surface area contributed by atoms with E-state index < -0.39 is 12.4 Å². The first-order valence-electron chi connectivity index (χ1n) is 14.9. The zero-order chi connectivity index (χ0) is 30.9. The van der Waals surface area contributed by atoms with Crippen LogP contribution < -0.4 is 20.7 Å². The highest BCUT2D eigenvalue weighted by Gasteiger charge is 2.31. The molecule has 0 bridgehead atoms. The molecule has 1 aromatic heterocycles. The van der Waals surface area contributed by atoms with Gasteiger partial charge in [-0.2, -0.15) is 0 Å². The molecule has 0 aliphatic heterocycles. The number of imidazole rings is 1. The first-order valence-corrected chi connectivity index (χ1v) is 14.9. The van der Waals surface area contributed by atoms with E-state index in [9.17, 15) is 22.8 Å². The third-order valence-corrected chi connectivity index (χ3v) is 7.85. The Kier molecular flexibility index (Phi) is 10.0. The molecule has 5 rings (SSSR count). The van der Waals surface area contributed by atoms with Crippen LogP contribution in [0.1, 0.15) is 54.4 Å². The molecule has 2 amide bonds. The van der Waals surface area contributed by atoms with E-state index >= 15 is 0 Å². The van der Waals surface area contributed by atoms with Crippen molar-refractivity contribution < 1.29 is 27.5 Å². The fourth-order valence-electron chi connectivity index (χ4n) is 5.61. The first kappa shape index (κ1) is 30.9. The molecule has 3 aromatic carbocycles. The van der Waals surface area contributed by atoms with Crippen molar-refractivity contribution in [3.63, 3.8) is 0 Å². The van der Waals surface area contributed by atoms with E-state index in [1.54, 1.807) is 18.5 Å². The summed E-state index contributed by atoms with van der Waals surface area (Å²) in [5, 5.41) is 8.92. The molecule has 1 aliphatic carbocycles. The fraction of sp³-hybridized carbons (Fsp3) is 0.364. The smallest absolute Gasteiger partial charge is 0.406 e. The summed E-state index contributed by atoms with van der Waals surface area (Å²) in [5.74, 6) is -0.509. The third kappa shape index (κ3) is 8.75. The van der Waals surface area contributed by atoms with Gasteiger partial charge < -0.3 is 25.3 Å². The SMILES string of the molecule is O=C(N[C@@H](CC1CCCCC1)C(=O)NCCNc1ccc(OC(F)(F)F)cc1)c1ccc(Cn2cnc3ccccc32)cc1. The van der Waals surface area contributed by atoms with Gasteiger partial charge in [0.15, 0.2) is 0 Å². The van der Waals surface area contributed by atoms with Gasteiger partial charge in [0.2, 0.25) is 5.91 Å². The van der Waals surface area contributed by atoms with Crippen LogP contribution in [0.4, 0.5) is 18.9 Å². The number of anilines is 1. The van der Waals surface area contributed by atoms with Crippen molar-refractivity contribution in [3.05, 3.63) is 90.3 Å². The molecule has 11 heteroatoms. The number of para-hydroxylation sites is 2. The number of amides is 2. The van der Waals surface area contributed by atoms with Crippen LogP contribution in [0.5, 0.6) is 5.75 Å². The van der Waals surface area contributed by atoms with Crippen molar-refractivity contribution in [2.45, 2.75) is 57.5 Å². The number of nitrogens with one attached hydrogen (secondary N) is 3. The van der Waals surface area contributed by atoms with E-state index in [0.29, 0.717) is 36.7 Å². The Morgan fingerprint density at radius 1 is 0.932 bits per heavy atom. The molecule has 8 nitrogen and oxygen atoms in total. The highest BCUT2D eigenvalue weighted by atomic mass is 19.4. The molecule has 1 atom stereocenters. The maximum absolute atomic E-state index is 13.2. The molecule has 0 radical (unpaired) electrons. The Morgan fingerprint density at radius 2 is 1.66 bits per heavy atom. The van der Waals surface area contributed by atoms with Crippen LogP contribution >= 0.6 is 0 Å². The summed E-state index contributed by atoms with van der Waals surface area (Å²) in [5.41, 5.74) is 4.05. The average Bonchev–Trinajstić information content (AvgIpc) is 3.42. The molecule has 3 N–H and O–H groups in total. The summed E-state index contributed by atoms with van der Waals surface area (Å²) in [6, 6.07) is 20.0. The maximum atomic E-state index is 13.2. The van der Waals surface area contributed by atoms with E-state index in [0.717, 1.165) is 42.3 Å². The molecule has 44 heavy (non-hydrogen) atoms. The van der Waals surface area contributed by atoms with Crippen LogP contribution in [0.2, 0.25) is 0 Å². The molecule has 1 fully saturated rings. The van der Waals surface area contributed by atoms with Crippen molar-refractivity contribution >= 4 is 28.5 Å². The van der Waals surface area contributed by atoms with E-state index in [1.807, 2.05) is 36.4 Å². The Hall–Kier alpha value is -4.54. The molecule has 1 heterocycles. The molecule has 1 saturated carbocycles. The quantitative estimate of drug-likeness (QED) is 0.165. The predicted octanol–water partition coefficient (Wildman–Crippen LogP) is 6.28. The van der Waals surface area contributed by atoms with Gasteiger partial charge in [0, 0.05) is 30.9 Å². The second kappa shape index (κ2) is 14.3. The van der Waals surface area contributed by atoms with Crippen LogP contribution in [-0.2, 0) is 11.3 Å². The molecular weight excluding hydrogens is 571 g/mol. The van der Waals surface area contributed by atoms with E-state index in [1.165, 1.54) is 30.7 Å². The van der Waals surface area contributed by atoms with Gasteiger partial charge in [0.1, 0.15) is 11.8 Å².